The number of aryl methyl sites for hydroxylation is 2. The molecule has 0 radical (unpaired) electrons. The summed E-state index contributed by atoms with van der Waals surface area (Å²) >= 11 is 0. The van der Waals surface area contributed by atoms with E-state index in [4.69, 9.17) is 9.15 Å². The van der Waals surface area contributed by atoms with Crippen LogP contribution in [-0.4, -0.2) is 11.9 Å². The molecule has 0 spiro atoms. The number of carbonyl (C=O) groups excluding carboxylic acids is 1. The number of hydrogen-bond donors (Lipinski definition) is 0. The first-order valence-electron chi connectivity index (χ1n) is 8.13. The zero-order chi connectivity index (χ0) is 18.3. The summed E-state index contributed by atoms with van der Waals surface area (Å²) < 4.78 is 10.7. The van der Waals surface area contributed by atoms with E-state index in [1.165, 1.54) is 12.3 Å². The molecule has 0 amide bonds. The molecular weight excluding hydrogens is 330 g/mol. The van der Waals surface area contributed by atoms with E-state index >= 15 is 0 Å². The summed E-state index contributed by atoms with van der Waals surface area (Å²) in [5.74, 6) is -0.361. The van der Waals surface area contributed by atoms with E-state index in [0.29, 0.717) is 11.0 Å². The molecule has 26 heavy (non-hydrogen) atoms. The van der Waals surface area contributed by atoms with Gasteiger partial charge in [-0.2, -0.15) is 0 Å². The molecule has 1 aromatic heterocycles. The monoisotopic (exact) mass is 345 g/mol. The van der Waals surface area contributed by atoms with E-state index in [9.17, 15) is 9.59 Å². The number of nitrogens with zero attached hydrogens (tertiary/aromatic N) is 1. The average Bonchev–Trinajstić information content (AvgIpc) is 3.00. The molecule has 0 unspecified atom stereocenters. The quantitative estimate of drug-likeness (QED) is 0.524. The Morgan fingerprint density at radius 2 is 1.81 bits per heavy atom. The lowest BCUT2D eigenvalue weighted by Gasteiger charge is -2.03. The van der Waals surface area contributed by atoms with Crippen LogP contribution in [0.5, 0.6) is 0 Å². The van der Waals surface area contributed by atoms with Crippen molar-refractivity contribution in [1.29, 1.82) is 0 Å². The summed E-state index contributed by atoms with van der Waals surface area (Å²) in [5, 5.41) is 0.451. The van der Waals surface area contributed by atoms with Crippen molar-refractivity contribution in [3.8, 4) is 0 Å². The van der Waals surface area contributed by atoms with Crippen molar-refractivity contribution >= 4 is 28.9 Å². The zero-order valence-electron chi connectivity index (χ0n) is 14.3. The number of esters is 1. The van der Waals surface area contributed by atoms with Crippen molar-refractivity contribution in [2.75, 3.05) is 0 Å². The molecule has 0 saturated heterocycles. The third-order valence-electron chi connectivity index (χ3n) is 4.37. The van der Waals surface area contributed by atoms with Crippen LogP contribution in [0.25, 0.3) is 17.0 Å². The molecule has 0 N–H and O–H groups in total. The maximum atomic E-state index is 12.6. The van der Waals surface area contributed by atoms with Gasteiger partial charge in [0.2, 0.25) is 5.90 Å². The Morgan fingerprint density at radius 1 is 1.00 bits per heavy atom. The van der Waals surface area contributed by atoms with Crippen molar-refractivity contribution in [3.63, 3.8) is 0 Å². The van der Waals surface area contributed by atoms with Crippen LogP contribution in [0.4, 0.5) is 0 Å². The molecule has 0 fully saturated rings. The van der Waals surface area contributed by atoms with Gasteiger partial charge in [-0.15, -0.1) is 0 Å². The van der Waals surface area contributed by atoms with Gasteiger partial charge < -0.3 is 9.15 Å². The molecule has 0 saturated carbocycles. The number of fused-ring (bicyclic) bond motifs is 1. The molecule has 3 aromatic rings. The van der Waals surface area contributed by atoms with Crippen LogP contribution in [0.3, 0.4) is 0 Å². The molecule has 0 bridgehead atoms. The maximum absolute atomic E-state index is 12.6. The van der Waals surface area contributed by atoms with Crippen molar-refractivity contribution in [3.05, 3.63) is 86.9 Å². The summed E-state index contributed by atoms with van der Waals surface area (Å²) in [6, 6.07) is 12.7. The van der Waals surface area contributed by atoms with Crippen LogP contribution in [0.1, 0.15) is 22.3 Å². The van der Waals surface area contributed by atoms with Gasteiger partial charge in [-0.25, -0.2) is 9.79 Å². The van der Waals surface area contributed by atoms with Crippen LogP contribution in [0, 0.1) is 13.8 Å². The minimum atomic E-state index is -0.592. The molecule has 2 aromatic carbocycles. The lowest BCUT2D eigenvalue weighted by molar-refractivity contribution is -0.129. The molecule has 1 aliphatic rings. The number of ether oxygens (including phenoxy) is 1. The number of para-hydroxylation sites is 1. The first kappa shape index (κ1) is 16.0. The van der Waals surface area contributed by atoms with E-state index < -0.39 is 5.97 Å². The van der Waals surface area contributed by atoms with Gasteiger partial charge in [-0.3, -0.25) is 4.79 Å². The third-order valence-corrected chi connectivity index (χ3v) is 4.37. The Bertz CT molecular complexity index is 1170. The molecule has 128 valence electrons. The highest BCUT2D eigenvalue weighted by molar-refractivity contribution is 6.13. The van der Waals surface area contributed by atoms with Gasteiger partial charge in [0.05, 0.1) is 10.9 Å². The number of hydrogen-bond acceptors (Lipinski definition) is 5. The van der Waals surface area contributed by atoms with Crippen LogP contribution < -0.4 is 5.43 Å². The third kappa shape index (κ3) is 2.73. The molecular formula is C21H15NO4. The van der Waals surface area contributed by atoms with Crippen molar-refractivity contribution in [2.45, 2.75) is 13.8 Å². The number of cyclic esters (lactones) is 1. The highest BCUT2D eigenvalue weighted by Crippen LogP contribution is 2.21. The van der Waals surface area contributed by atoms with Crippen molar-refractivity contribution in [2.24, 2.45) is 4.99 Å². The van der Waals surface area contributed by atoms with E-state index in [2.05, 4.69) is 4.99 Å². The second-order valence-corrected chi connectivity index (χ2v) is 6.15. The van der Waals surface area contributed by atoms with Gasteiger partial charge in [0.25, 0.3) is 0 Å². The molecule has 0 atom stereocenters. The molecule has 0 aliphatic carbocycles. The highest BCUT2D eigenvalue weighted by atomic mass is 16.6. The number of aliphatic imine (C=N–C) groups is 1. The standard InChI is InChI=1S/C21H15NO4/c1-12-7-8-14(9-13(12)2)20-22-17(21(24)26-20)10-15-11-25-18-6-4-3-5-16(18)19(15)23/h3-11H,1-2H3/b17-10-. The van der Waals surface area contributed by atoms with Crippen LogP contribution in [-0.2, 0) is 9.53 Å². The second-order valence-electron chi connectivity index (χ2n) is 6.15. The highest BCUT2D eigenvalue weighted by Gasteiger charge is 2.25. The summed E-state index contributed by atoms with van der Waals surface area (Å²) in [5.41, 5.74) is 3.53. The summed E-state index contributed by atoms with van der Waals surface area (Å²) in [6.45, 7) is 3.99. The van der Waals surface area contributed by atoms with Gasteiger partial charge in [0.15, 0.2) is 11.1 Å². The van der Waals surface area contributed by atoms with Gasteiger partial charge >= 0.3 is 5.97 Å². The largest absolute Gasteiger partial charge is 0.463 e. The minimum absolute atomic E-state index is 0.0702. The van der Waals surface area contributed by atoms with Crippen LogP contribution in [0.2, 0.25) is 0 Å². The van der Waals surface area contributed by atoms with Gasteiger partial charge in [-0.05, 0) is 55.3 Å². The Balaban J connectivity index is 1.77. The summed E-state index contributed by atoms with van der Waals surface area (Å²) in [6.07, 6.45) is 2.73. The summed E-state index contributed by atoms with van der Waals surface area (Å²) in [4.78, 5) is 29.0. The van der Waals surface area contributed by atoms with Gasteiger partial charge in [0.1, 0.15) is 11.8 Å². The minimum Gasteiger partial charge on any atom is -0.463 e. The van der Waals surface area contributed by atoms with E-state index in [-0.39, 0.29) is 22.6 Å². The van der Waals surface area contributed by atoms with E-state index in [1.54, 1.807) is 24.3 Å². The second kappa shape index (κ2) is 6.11. The Morgan fingerprint density at radius 3 is 2.62 bits per heavy atom. The normalized spacial score (nSPS) is 15.4. The first-order chi connectivity index (χ1) is 12.5. The molecule has 5 heteroatoms. The van der Waals surface area contributed by atoms with Crippen molar-refractivity contribution in [1.82, 2.24) is 0 Å². The van der Waals surface area contributed by atoms with E-state index in [1.807, 2.05) is 32.0 Å². The Labute approximate surface area is 149 Å². The Kier molecular flexibility index (Phi) is 3.77. The fourth-order valence-electron chi connectivity index (χ4n) is 2.75. The molecule has 4 rings (SSSR count). The lowest BCUT2D eigenvalue weighted by Crippen LogP contribution is -2.07. The first-order valence-corrected chi connectivity index (χ1v) is 8.13. The predicted molar refractivity (Wildman–Crippen MR) is 99.0 cm³/mol. The van der Waals surface area contributed by atoms with Crippen molar-refractivity contribution < 1.29 is 13.9 Å². The van der Waals surface area contributed by atoms with Crippen LogP contribution in [0.15, 0.2) is 68.6 Å². The SMILES string of the molecule is Cc1ccc(C2=N/C(=C\c3coc4ccccc4c3=O)C(=O)O2)cc1C. The predicted octanol–water partition coefficient (Wildman–Crippen LogP) is 3.75. The molecule has 2 heterocycles. The Hall–Kier alpha value is -3.47. The zero-order valence-corrected chi connectivity index (χ0v) is 14.3. The smallest absolute Gasteiger partial charge is 0.363 e. The van der Waals surface area contributed by atoms with Gasteiger partial charge in [-0.1, -0.05) is 18.2 Å². The fraction of sp³-hybridized carbons (Fsp3) is 0.0952. The lowest BCUT2D eigenvalue weighted by atomic mass is 10.1. The fourth-order valence-corrected chi connectivity index (χ4v) is 2.75. The average molecular weight is 345 g/mol. The molecule has 1 aliphatic heterocycles. The topological polar surface area (TPSA) is 68.9 Å². The number of rotatable bonds is 2. The van der Waals surface area contributed by atoms with E-state index in [0.717, 1.165) is 16.7 Å². The molecule has 5 nitrogen and oxygen atoms in total. The number of carbonyl (C=O) groups is 1. The van der Waals surface area contributed by atoms with Crippen LogP contribution >= 0.6 is 0 Å². The number of benzene rings is 2. The maximum Gasteiger partial charge on any atom is 0.363 e. The summed E-state index contributed by atoms with van der Waals surface area (Å²) in [7, 11) is 0. The van der Waals surface area contributed by atoms with Gasteiger partial charge in [0, 0.05) is 5.56 Å².